The van der Waals surface area contributed by atoms with E-state index in [0.717, 1.165) is 32.5 Å². The van der Waals surface area contributed by atoms with Crippen molar-refractivity contribution in [3.63, 3.8) is 0 Å². The highest BCUT2D eigenvalue weighted by molar-refractivity contribution is 8.76. The van der Waals surface area contributed by atoms with Crippen molar-refractivity contribution in [2.24, 2.45) is 11.5 Å². The first-order valence-corrected chi connectivity index (χ1v) is 14.2. The minimum absolute atomic E-state index is 0.0365. The van der Waals surface area contributed by atoms with Gasteiger partial charge in [0.05, 0.1) is 12.9 Å². The number of nitrogens with two attached hydrogens (primary N) is 3. The molecule has 21 heteroatoms. The number of nitrogens with one attached hydrogen (secondary N) is 1. The van der Waals surface area contributed by atoms with E-state index in [0.29, 0.717) is 0 Å². The van der Waals surface area contributed by atoms with Crippen LogP contribution in [0.15, 0.2) is 11.1 Å². The summed E-state index contributed by atoms with van der Waals surface area (Å²) in [7, 11) is -2.96. The molecule has 0 aromatic carbocycles. The van der Waals surface area contributed by atoms with Crippen molar-refractivity contribution >= 4 is 58.5 Å². The lowest BCUT2D eigenvalue weighted by atomic mass is 10.1. The molecule has 18 nitrogen and oxygen atoms in total. The molecular formula is C16H24N7O11PS2. The normalized spacial score (nSPS) is 25.0. The molecule has 206 valence electrons. The Morgan fingerprint density at radius 2 is 1.89 bits per heavy atom. The maximum Gasteiger partial charge on any atom is 0.529 e. The van der Waals surface area contributed by atoms with Crippen LogP contribution >= 0.6 is 29.4 Å². The molecule has 1 unspecified atom stereocenters. The van der Waals surface area contributed by atoms with E-state index in [1.165, 1.54) is 0 Å². The zero-order chi connectivity index (χ0) is 27.5. The van der Waals surface area contributed by atoms with Crippen molar-refractivity contribution in [2.45, 2.75) is 36.6 Å². The molecule has 0 aliphatic carbocycles. The van der Waals surface area contributed by atoms with E-state index in [-0.39, 0.29) is 28.6 Å². The van der Waals surface area contributed by atoms with Crippen molar-refractivity contribution in [2.75, 3.05) is 23.8 Å². The molecule has 3 rings (SSSR count). The molecule has 0 radical (unpaired) electrons. The first-order valence-electron chi connectivity index (χ1n) is 10.2. The zero-order valence-electron chi connectivity index (χ0n) is 18.6. The van der Waals surface area contributed by atoms with Crippen LogP contribution in [0.25, 0.3) is 11.2 Å². The highest BCUT2D eigenvalue weighted by Gasteiger charge is 2.45. The maximum atomic E-state index is 12.2. The number of aromatic amines is 1. The molecule has 0 spiro atoms. The van der Waals surface area contributed by atoms with E-state index in [4.69, 9.17) is 31.6 Å². The number of rotatable bonds is 12. The van der Waals surface area contributed by atoms with Crippen molar-refractivity contribution in [1.29, 1.82) is 0 Å². The molecule has 0 saturated carbocycles. The fourth-order valence-corrected chi connectivity index (χ4v) is 5.96. The number of aliphatic hydroxyl groups excluding tert-OH is 2. The molecule has 2 aromatic rings. The number of fused-ring (bicyclic) bond motifs is 1. The Hall–Kier alpha value is -2.26. The predicted octanol–water partition coefficient (Wildman–Crippen LogP) is -2.90. The average Bonchev–Trinajstić information content (AvgIpc) is 3.35. The number of phosphoric ester groups is 1. The van der Waals surface area contributed by atoms with Crippen LogP contribution in [-0.2, 0) is 27.9 Å². The van der Waals surface area contributed by atoms with E-state index < -0.39 is 68.6 Å². The monoisotopic (exact) mass is 585 g/mol. The van der Waals surface area contributed by atoms with Gasteiger partial charge in [0.2, 0.25) is 5.95 Å². The first kappa shape index (κ1) is 29.3. The molecule has 1 aliphatic rings. The summed E-state index contributed by atoms with van der Waals surface area (Å²) < 4.78 is 28.0. The minimum atomic E-state index is -5.01. The second-order valence-corrected chi connectivity index (χ2v) is 11.5. The number of H-pyrrole nitrogens is 1. The van der Waals surface area contributed by atoms with Gasteiger partial charge in [-0.3, -0.25) is 28.6 Å². The van der Waals surface area contributed by atoms with E-state index in [1.54, 1.807) is 0 Å². The molecule has 7 atom stereocenters. The molecule has 1 fully saturated rings. The van der Waals surface area contributed by atoms with Crippen LogP contribution in [0.2, 0.25) is 0 Å². The zero-order valence-corrected chi connectivity index (χ0v) is 21.2. The number of aliphatic hydroxyl groups is 2. The van der Waals surface area contributed by atoms with Crippen molar-refractivity contribution in [3.05, 3.63) is 16.7 Å². The molecule has 37 heavy (non-hydrogen) atoms. The Morgan fingerprint density at radius 1 is 1.24 bits per heavy atom. The fraction of sp³-hybridized carbons (Fsp3) is 0.562. The van der Waals surface area contributed by atoms with E-state index >= 15 is 0 Å². The van der Waals surface area contributed by atoms with Crippen LogP contribution < -0.4 is 22.8 Å². The van der Waals surface area contributed by atoms with Gasteiger partial charge in [-0.2, -0.15) is 4.98 Å². The highest BCUT2D eigenvalue weighted by Crippen LogP contribution is 2.45. The number of aromatic nitrogens is 4. The Morgan fingerprint density at radius 3 is 2.54 bits per heavy atom. The van der Waals surface area contributed by atoms with Gasteiger partial charge in [-0.05, 0) is 0 Å². The van der Waals surface area contributed by atoms with Gasteiger partial charge in [-0.15, -0.1) is 0 Å². The van der Waals surface area contributed by atoms with Gasteiger partial charge in [0, 0.05) is 11.5 Å². The number of carbonyl (C=O) groups excluding carboxylic acids is 1. The molecule has 1 aliphatic heterocycles. The van der Waals surface area contributed by atoms with Gasteiger partial charge >= 0.3 is 19.8 Å². The number of ether oxygens (including phenoxy) is 1. The number of anilines is 1. The third-order valence-electron chi connectivity index (χ3n) is 4.87. The smallest absolute Gasteiger partial charge is 0.480 e. The van der Waals surface area contributed by atoms with Crippen LogP contribution in [0.3, 0.4) is 0 Å². The summed E-state index contributed by atoms with van der Waals surface area (Å²) in [4.78, 5) is 54.6. The quantitative estimate of drug-likeness (QED) is 0.0703. The number of carboxylic acids is 1. The Balaban J connectivity index is 1.53. The lowest BCUT2D eigenvalue weighted by molar-refractivity contribution is -0.138. The van der Waals surface area contributed by atoms with Crippen molar-refractivity contribution in [1.82, 2.24) is 19.5 Å². The number of hydrogen-bond donors (Lipinski definition) is 8. The van der Waals surface area contributed by atoms with Crippen molar-refractivity contribution in [3.8, 4) is 0 Å². The number of nitrogens with zero attached hydrogens (tertiary/aromatic N) is 3. The lowest BCUT2D eigenvalue weighted by Crippen LogP contribution is -2.35. The minimum Gasteiger partial charge on any atom is -0.480 e. The van der Waals surface area contributed by atoms with E-state index in [1.807, 2.05) is 0 Å². The number of aliphatic carboxylic acids is 1. The summed E-state index contributed by atoms with van der Waals surface area (Å²) in [6, 6.07) is -2.46. The fourth-order valence-electron chi connectivity index (χ4n) is 2.98. The van der Waals surface area contributed by atoms with Gasteiger partial charge in [0.25, 0.3) is 5.56 Å². The van der Waals surface area contributed by atoms with Crippen molar-refractivity contribution < 1.29 is 48.2 Å². The number of carbonyl (C=O) groups is 2. The highest BCUT2D eigenvalue weighted by atomic mass is 33.1. The number of phosphoric acid groups is 1. The van der Waals surface area contributed by atoms with E-state index in [2.05, 4.69) is 19.5 Å². The average molecular weight is 586 g/mol. The lowest BCUT2D eigenvalue weighted by Gasteiger charge is -2.18. The Bertz CT molecular complexity index is 1250. The van der Waals surface area contributed by atoms with Gasteiger partial charge in [0.1, 0.15) is 30.4 Å². The number of hydrogen-bond acceptors (Lipinski definition) is 16. The predicted molar refractivity (Wildman–Crippen MR) is 129 cm³/mol. The summed E-state index contributed by atoms with van der Waals surface area (Å²) in [6.07, 6.45) is -4.77. The summed E-state index contributed by atoms with van der Waals surface area (Å²) in [6.45, 7) is -0.786. The van der Waals surface area contributed by atoms with Crippen LogP contribution in [0.1, 0.15) is 6.23 Å². The largest absolute Gasteiger partial charge is 0.529 e. The van der Waals surface area contributed by atoms with E-state index in [9.17, 15) is 34.1 Å². The van der Waals surface area contributed by atoms with Gasteiger partial charge in [-0.25, -0.2) is 14.3 Å². The molecule has 0 amide bonds. The van der Waals surface area contributed by atoms with Crippen LogP contribution in [0.4, 0.5) is 5.95 Å². The van der Waals surface area contributed by atoms with Gasteiger partial charge < -0.3 is 41.8 Å². The third kappa shape index (κ3) is 7.19. The molecule has 2 aromatic heterocycles. The third-order valence-corrected chi connectivity index (χ3v) is 8.23. The van der Waals surface area contributed by atoms with Crippen LogP contribution in [0.5, 0.6) is 0 Å². The Kier molecular flexibility index (Phi) is 9.56. The summed E-state index contributed by atoms with van der Waals surface area (Å²) in [5.41, 5.74) is 15.7. The number of imidazole rings is 1. The summed E-state index contributed by atoms with van der Waals surface area (Å²) in [5, 5.41) is 29.4. The number of carboxylic acid groups (broad SMARTS) is 1. The topological polar surface area (TPSA) is 301 Å². The molecule has 0 bridgehead atoms. The molecule has 11 N–H and O–H groups in total. The SMILES string of the molecule is Nc1nc2c(ncn2[C@@H]2O[C@H](COP(=O)(O)OC(=O)[C@@H](N)CSSC[C@H](N)C(=O)O)[C@@H](O)[C@H]2O)c(=O)[nH]1. The first-order chi connectivity index (χ1) is 17.3. The molecule has 3 heterocycles. The summed E-state index contributed by atoms with van der Waals surface area (Å²) in [5.74, 6) is -2.75. The van der Waals surface area contributed by atoms with Crippen LogP contribution in [-0.4, -0.2) is 100 Å². The molecular weight excluding hydrogens is 561 g/mol. The molecule has 1 saturated heterocycles. The van der Waals surface area contributed by atoms with Crippen LogP contribution in [0, 0.1) is 0 Å². The second-order valence-electron chi connectivity index (χ2n) is 7.62. The maximum absolute atomic E-state index is 12.2. The van der Waals surface area contributed by atoms with Gasteiger partial charge in [-0.1, -0.05) is 21.6 Å². The standard InChI is InChI=1S/C16H24N7O11PS2/c17-5(14(27)28)2-36-37-3-6(18)15(29)34-35(30,31)32-1-7-9(24)10(25)13(33-7)23-4-20-8-11(23)21-16(19)22-12(8)26/h4-7,9-10,13,24-25H,1-3,17-18H2,(H,27,28)(H,30,31)(H3,19,21,22,26)/t5-,6-,7+,9+,10+,13+/m0/s1. The van der Waals surface area contributed by atoms with Gasteiger partial charge in [0.15, 0.2) is 17.4 Å². The number of nitrogen functional groups attached to an aromatic ring is 1. The second kappa shape index (κ2) is 12.1. The summed E-state index contributed by atoms with van der Waals surface area (Å²) >= 11 is 0. The Labute approximate surface area is 214 Å².